The zero-order valence-electron chi connectivity index (χ0n) is 10.9. The molecule has 0 spiro atoms. The number of anilines is 1. The van der Waals surface area contributed by atoms with E-state index in [2.05, 4.69) is 15.4 Å². The normalized spacial score (nSPS) is 12.5. The Balaban J connectivity index is 2.12. The first-order valence-corrected chi connectivity index (χ1v) is 7.01. The van der Waals surface area contributed by atoms with E-state index in [0.717, 1.165) is 15.8 Å². The van der Waals surface area contributed by atoms with Crippen LogP contribution in [0.3, 0.4) is 0 Å². The van der Waals surface area contributed by atoms with Gasteiger partial charge in [-0.1, -0.05) is 30.3 Å². The molecule has 102 valence electrons. The molecule has 0 aliphatic rings. The molecule has 0 radical (unpaired) electrons. The molecule has 6 heteroatoms. The first kappa shape index (κ1) is 13.0. The number of nitrogens with two attached hydrogens (primary N) is 1. The molecule has 2 heterocycles. The fraction of sp³-hybridized carbons (Fsp3) is 0.143. The highest BCUT2D eigenvalue weighted by Crippen LogP contribution is 2.29. The van der Waals surface area contributed by atoms with Crippen molar-refractivity contribution in [2.24, 2.45) is 5.84 Å². The van der Waals surface area contributed by atoms with Gasteiger partial charge in [0.1, 0.15) is 10.9 Å². The summed E-state index contributed by atoms with van der Waals surface area (Å²) in [4.78, 5) is 9.94. The molecule has 1 aromatic carbocycles. The van der Waals surface area contributed by atoms with Crippen LogP contribution in [-0.2, 0) is 4.74 Å². The van der Waals surface area contributed by atoms with Crippen molar-refractivity contribution in [1.29, 1.82) is 0 Å². The van der Waals surface area contributed by atoms with Gasteiger partial charge in [-0.3, -0.25) is 0 Å². The van der Waals surface area contributed by atoms with Gasteiger partial charge >= 0.3 is 0 Å². The maximum absolute atomic E-state index is 5.56. The van der Waals surface area contributed by atoms with Gasteiger partial charge in [-0.05, 0) is 17.0 Å². The lowest BCUT2D eigenvalue weighted by Gasteiger charge is -2.15. The van der Waals surface area contributed by atoms with Crippen molar-refractivity contribution in [2.45, 2.75) is 6.10 Å². The van der Waals surface area contributed by atoms with Crippen LogP contribution in [0.2, 0.25) is 0 Å². The van der Waals surface area contributed by atoms with Crippen molar-refractivity contribution in [3.8, 4) is 0 Å². The maximum Gasteiger partial charge on any atom is 0.165 e. The highest BCUT2D eigenvalue weighted by atomic mass is 32.1. The van der Waals surface area contributed by atoms with E-state index in [1.165, 1.54) is 0 Å². The monoisotopic (exact) mass is 286 g/mol. The van der Waals surface area contributed by atoms with Gasteiger partial charge in [0.25, 0.3) is 0 Å². The van der Waals surface area contributed by atoms with E-state index in [4.69, 9.17) is 10.6 Å². The minimum atomic E-state index is -0.310. The quantitative estimate of drug-likeness (QED) is 0.570. The van der Waals surface area contributed by atoms with Crippen LogP contribution >= 0.6 is 11.3 Å². The molecule has 3 N–H and O–H groups in total. The number of methoxy groups -OCH3 is 1. The van der Waals surface area contributed by atoms with Crippen LogP contribution in [0.25, 0.3) is 10.2 Å². The highest BCUT2D eigenvalue weighted by molar-refractivity contribution is 7.16. The Bertz CT molecular complexity index is 714. The van der Waals surface area contributed by atoms with Crippen LogP contribution < -0.4 is 11.3 Å². The third-order valence-electron chi connectivity index (χ3n) is 3.05. The van der Waals surface area contributed by atoms with Crippen LogP contribution in [0.5, 0.6) is 0 Å². The summed E-state index contributed by atoms with van der Waals surface area (Å²) < 4.78 is 5.56. The molecule has 2 aromatic heterocycles. The van der Waals surface area contributed by atoms with Crippen LogP contribution in [-0.4, -0.2) is 17.1 Å². The first-order valence-electron chi connectivity index (χ1n) is 6.13. The second kappa shape index (κ2) is 5.54. The summed E-state index contributed by atoms with van der Waals surface area (Å²) in [6.07, 6.45) is -0.310. The van der Waals surface area contributed by atoms with Gasteiger partial charge in [0.05, 0.1) is 5.39 Å². The molecule has 1 atom stereocenters. The molecular formula is C14H14N4OS. The number of hydrogen-bond donors (Lipinski definition) is 2. The average Bonchev–Trinajstić information content (AvgIpc) is 2.97. The Morgan fingerprint density at radius 3 is 2.70 bits per heavy atom. The molecule has 0 saturated heterocycles. The number of ether oxygens (including phenoxy) is 1. The molecule has 0 amide bonds. The van der Waals surface area contributed by atoms with Crippen LogP contribution in [0.15, 0.2) is 41.8 Å². The maximum atomic E-state index is 5.56. The minimum absolute atomic E-state index is 0.310. The van der Waals surface area contributed by atoms with Gasteiger partial charge < -0.3 is 10.2 Å². The average molecular weight is 286 g/mol. The molecule has 0 saturated carbocycles. The molecule has 0 bridgehead atoms. The summed E-state index contributed by atoms with van der Waals surface area (Å²) in [5.41, 5.74) is 3.64. The fourth-order valence-electron chi connectivity index (χ4n) is 2.12. The topological polar surface area (TPSA) is 73.1 Å². The van der Waals surface area contributed by atoms with Crippen molar-refractivity contribution in [2.75, 3.05) is 12.5 Å². The number of thiophene rings is 1. The van der Waals surface area contributed by atoms with E-state index in [-0.39, 0.29) is 6.10 Å². The van der Waals surface area contributed by atoms with Gasteiger partial charge in [-0.2, -0.15) is 0 Å². The standard InChI is InChI=1S/C14H14N4OS/c1-19-11(9-5-3-2-4-6-9)13-16-12(18-15)10-7-8-20-14(10)17-13/h2-8,11H,15H2,1H3,(H,16,17,18). The largest absolute Gasteiger partial charge is 0.369 e. The fourth-order valence-corrected chi connectivity index (χ4v) is 2.89. The molecule has 3 aromatic rings. The third-order valence-corrected chi connectivity index (χ3v) is 3.86. The van der Waals surface area contributed by atoms with E-state index in [9.17, 15) is 0 Å². The molecule has 0 aliphatic carbocycles. The van der Waals surface area contributed by atoms with E-state index >= 15 is 0 Å². The van der Waals surface area contributed by atoms with Crippen molar-refractivity contribution < 1.29 is 4.74 Å². The second-order valence-corrected chi connectivity index (χ2v) is 5.14. The summed E-state index contributed by atoms with van der Waals surface area (Å²) in [6, 6.07) is 11.8. The van der Waals surface area contributed by atoms with Gasteiger partial charge in [0.15, 0.2) is 11.6 Å². The number of hydrazine groups is 1. The summed E-state index contributed by atoms with van der Waals surface area (Å²) in [5, 5.41) is 2.89. The molecular weight excluding hydrogens is 272 g/mol. The predicted octanol–water partition coefficient (Wildman–Crippen LogP) is 2.71. The lowest BCUT2D eigenvalue weighted by Crippen LogP contribution is -2.14. The summed E-state index contributed by atoms with van der Waals surface area (Å²) in [5.74, 6) is 6.76. The molecule has 20 heavy (non-hydrogen) atoms. The number of nitrogen functional groups attached to an aromatic ring is 1. The number of fused-ring (bicyclic) bond motifs is 1. The van der Waals surface area contributed by atoms with Gasteiger partial charge in [0, 0.05) is 7.11 Å². The highest BCUT2D eigenvalue weighted by Gasteiger charge is 2.19. The zero-order chi connectivity index (χ0) is 13.9. The van der Waals surface area contributed by atoms with Crippen molar-refractivity contribution in [3.63, 3.8) is 0 Å². The Morgan fingerprint density at radius 1 is 1.20 bits per heavy atom. The molecule has 5 nitrogen and oxygen atoms in total. The van der Waals surface area contributed by atoms with E-state index in [1.807, 2.05) is 41.8 Å². The Labute approximate surface area is 120 Å². The lowest BCUT2D eigenvalue weighted by atomic mass is 10.1. The number of rotatable bonds is 4. The zero-order valence-corrected chi connectivity index (χ0v) is 11.7. The van der Waals surface area contributed by atoms with Crippen LogP contribution in [0.4, 0.5) is 5.82 Å². The molecule has 1 unspecified atom stereocenters. The van der Waals surface area contributed by atoms with Gasteiger partial charge in [-0.25, -0.2) is 15.8 Å². The SMILES string of the molecule is COC(c1ccccc1)c1nc(NN)c2ccsc2n1. The smallest absolute Gasteiger partial charge is 0.165 e. The number of hydrogen-bond acceptors (Lipinski definition) is 6. The van der Waals surface area contributed by atoms with Gasteiger partial charge in [0.2, 0.25) is 0 Å². The summed E-state index contributed by atoms with van der Waals surface area (Å²) >= 11 is 1.55. The van der Waals surface area contributed by atoms with Crippen molar-refractivity contribution in [1.82, 2.24) is 9.97 Å². The Kier molecular flexibility index (Phi) is 3.60. The van der Waals surface area contributed by atoms with E-state index in [0.29, 0.717) is 11.6 Å². The van der Waals surface area contributed by atoms with E-state index in [1.54, 1.807) is 18.4 Å². The van der Waals surface area contributed by atoms with Crippen molar-refractivity contribution >= 4 is 27.4 Å². The van der Waals surface area contributed by atoms with Crippen LogP contribution in [0.1, 0.15) is 17.5 Å². The number of aromatic nitrogens is 2. The molecule has 0 fully saturated rings. The summed E-state index contributed by atoms with van der Waals surface area (Å²) in [6.45, 7) is 0. The number of nitrogens with one attached hydrogen (secondary N) is 1. The van der Waals surface area contributed by atoms with E-state index < -0.39 is 0 Å². The number of benzene rings is 1. The molecule has 3 rings (SSSR count). The Morgan fingerprint density at radius 2 is 2.00 bits per heavy atom. The van der Waals surface area contributed by atoms with Crippen LogP contribution in [0, 0.1) is 0 Å². The molecule has 0 aliphatic heterocycles. The third kappa shape index (κ3) is 2.24. The van der Waals surface area contributed by atoms with Gasteiger partial charge in [-0.15, -0.1) is 11.3 Å². The first-order chi connectivity index (χ1) is 9.83. The van der Waals surface area contributed by atoms with Crippen molar-refractivity contribution in [3.05, 3.63) is 53.2 Å². The second-order valence-electron chi connectivity index (χ2n) is 4.24. The minimum Gasteiger partial charge on any atom is -0.369 e. The summed E-state index contributed by atoms with van der Waals surface area (Å²) in [7, 11) is 1.65. The number of nitrogens with zero attached hydrogens (tertiary/aromatic N) is 2. The Hall–Kier alpha value is -2.02. The lowest BCUT2D eigenvalue weighted by molar-refractivity contribution is 0.129. The predicted molar refractivity (Wildman–Crippen MR) is 80.5 cm³/mol.